The molecule has 1 aromatic carbocycles. The van der Waals surface area contributed by atoms with Crippen molar-refractivity contribution < 1.29 is 9.90 Å². The first-order valence-electron chi connectivity index (χ1n) is 6.37. The Balaban J connectivity index is 2.28. The van der Waals surface area contributed by atoms with Crippen LogP contribution in [0.1, 0.15) is 11.1 Å². The summed E-state index contributed by atoms with van der Waals surface area (Å²) in [5, 5.41) is 9.37. The maximum absolute atomic E-state index is 10.7. The lowest BCUT2D eigenvalue weighted by molar-refractivity contribution is -0.131. The summed E-state index contributed by atoms with van der Waals surface area (Å²) in [6.07, 6.45) is 6.20. The molecule has 0 atom stereocenters. The molecule has 0 aliphatic rings. The van der Waals surface area contributed by atoms with E-state index >= 15 is 0 Å². The first-order valence-corrected chi connectivity index (χ1v) is 6.74. The summed E-state index contributed by atoms with van der Waals surface area (Å²) in [5.41, 5.74) is 2.73. The number of pyridine rings is 1. The van der Waals surface area contributed by atoms with E-state index in [-0.39, 0.29) is 0 Å². The fraction of sp³-hybridized carbons (Fsp3) is 0.125. The molecule has 0 aliphatic carbocycles. The topological polar surface area (TPSA) is 53.4 Å². The Kier molecular flexibility index (Phi) is 4.95. The predicted molar refractivity (Wildman–Crippen MR) is 84.5 cm³/mol. The van der Waals surface area contributed by atoms with Gasteiger partial charge in [-0.2, -0.15) is 0 Å². The first-order chi connectivity index (χ1) is 10.1. The van der Waals surface area contributed by atoms with Crippen molar-refractivity contribution in [2.24, 2.45) is 0 Å². The molecule has 0 spiro atoms. The van der Waals surface area contributed by atoms with Gasteiger partial charge in [0.15, 0.2) is 0 Å². The van der Waals surface area contributed by atoms with Crippen molar-refractivity contribution in [1.29, 1.82) is 0 Å². The van der Waals surface area contributed by atoms with Crippen LogP contribution in [-0.2, 0) is 11.3 Å². The van der Waals surface area contributed by atoms with Gasteiger partial charge in [0.2, 0.25) is 0 Å². The van der Waals surface area contributed by atoms with Crippen molar-refractivity contribution in [2.45, 2.75) is 6.54 Å². The lowest BCUT2D eigenvalue weighted by Crippen LogP contribution is -2.17. The number of rotatable bonds is 5. The molecule has 4 nitrogen and oxygen atoms in total. The maximum atomic E-state index is 10.7. The Morgan fingerprint density at radius 3 is 2.90 bits per heavy atom. The van der Waals surface area contributed by atoms with E-state index in [0.717, 1.165) is 22.9 Å². The van der Waals surface area contributed by atoms with E-state index in [2.05, 4.69) is 4.98 Å². The van der Waals surface area contributed by atoms with Crippen molar-refractivity contribution in [3.8, 4) is 0 Å². The number of aromatic nitrogens is 1. The van der Waals surface area contributed by atoms with Crippen molar-refractivity contribution in [1.82, 2.24) is 4.98 Å². The number of aliphatic carboxylic acids is 1. The highest BCUT2D eigenvalue weighted by Crippen LogP contribution is 2.26. The number of anilines is 1. The summed E-state index contributed by atoms with van der Waals surface area (Å²) in [6.45, 7) is 0.655. The molecular weight excluding hydrogens is 288 g/mol. The van der Waals surface area contributed by atoms with E-state index in [1.165, 1.54) is 0 Å². The van der Waals surface area contributed by atoms with Crippen LogP contribution in [0.5, 0.6) is 0 Å². The van der Waals surface area contributed by atoms with Crippen LogP contribution >= 0.6 is 11.6 Å². The van der Waals surface area contributed by atoms with Gasteiger partial charge < -0.3 is 10.0 Å². The highest BCUT2D eigenvalue weighted by atomic mass is 35.5. The Labute approximate surface area is 128 Å². The summed E-state index contributed by atoms with van der Waals surface area (Å²) < 4.78 is 0. The number of halogens is 1. The Morgan fingerprint density at radius 2 is 2.24 bits per heavy atom. The van der Waals surface area contributed by atoms with E-state index in [9.17, 15) is 4.79 Å². The van der Waals surface area contributed by atoms with Gasteiger partial charge in [0.25, 0.3) is 0 Å². The van der Waals surface area contributed by atoms with E-state index in [1.807, 2.05) is 30.1 Å². The summed E-state index contributed by atoms with van der Waals surface area (Å²) in [5.74, 6) is -0.981. The van der Waals surface area contributed by atoms with Crippen LogP contribution in [0.4, 0.5) is 5.69 Å². The third-order valence-electron chi connectivity index (χ3n) is 2.95. The van der Waals surface area contributed by atoms with Crippen molar-refractivity contribution >= 4 is 29.3 Å². The van der Waals surface area contributed by atoms with Gasteiger partial charge in [0.1, 0.15) is 0 Å². The lowest BCUT2D eigenvalue weighted by atomic mass is 10.1. The van der Waals surface area contributed by atoms with Gasteiger partial charge in [-0.3, -0.25) is 4.98 Å². The Hall–Kier alpha value is -2.33. The van der Waals surface area contributed by atoms with Gasteiger partial charge in [-0.1, -0.05) is 23.7 Å². The number of hydrogen-bond acceptors (Lipinski definition) is 3. The molecule has 21 heavy (non-hydrogen) atoms. The number of benzene rings is 1. The van der Waals surface area contributed by atoms with E-state index in [1.54, 1.807) is 30.6 Å². The molecule has 0 unspecified atom stereocenters. The zero-order valence-electron chi connectivity index (χ0n) is 11.5. The third-order valence-corrected chi connectivity index (χ3v) is 3.19. The minimum atomic E-state index is -0.981. The molecule has 1 heterocycles. The van der Waals surface area contributed by atoms with E-state index < -0.39 is 5.97 Å². The van der Waals surface area contributed by atoms with Crippen molar-refractivity contribution in [3.05, 3.63) is 65.0 Å². The average molecular weight is 303 g/mol. The molecule has 0 saturated heterocycles. The van der Waals surface area contributed by atoms with Crippen LogP contribution in [0.15, 0.2) is 48.8 Å². The molecule has 108 valence electrons. The van der Waals surface area contributed by atoms with Crippen LogP contribution in [0.3, 0.4) is 0 Å². The normalized spacial score (nSPS) is 10.8. The van der Waals surface area contributed by atoms with Gasteiger partial charge in [0, 0.05) is 42.8 Å². The lowest BCUT2D eigenvalue weighted by Gasteiger charge is -2.21. The monoisotopic (exact) mass is 302 g/mol. The molecule has 2 rings (SSSR count). The highest BCUT2D eigenvalue weighted by Gasteiger charge is 2.08. The molecule has 2 aromatic rings. The second-order valence-corrected chi connectivity index (χ2v) is 5.03. The minimum Gasteiger partial charge on any atom is -0.478 e. The molecule has 0 aliphatic heterocycles. The fourth-order valence-corrected chi connectivity index (χ4v) is 2.17. The van der Waals surface area contributed by atoms with Gasteiger partial charge >= 0.3 is 5.97 Å². The molecule has 1 aromatic heterocycles. The van der Waals surface area contributed by atoms with Crippen LogP contribution in [0.2, 0.25) is 5.02 Å². The summed E-state index contributed by atoms with van der Waals surface area (Å²) in [6, 6.07) is 9.23. The second-order valence-electron chi connectivity index (χ2n) is 4.59. The quantitative estimate of drug-likeness (QED) is 0.859. The molecule has 0 amide bonds. The molecule has 0 fully saturated rings. The number of carboxylic acids is 1. The van der Waals surface area contributed by atoms with Gasteiger partial charge in [-0.05, 0) is 35.4 Å². The summed E-state index contributed by atoms with van der Waals surface area (Å²) in [4.78, 5) is 16.8. The summed E-state index contributed by atoms with van der Waals surface area (Å²) >= 11 is 6.05. The third kappa shape index (κ3) is 4.33. The molecule has 0 bridgehead atoms. The number of nitrogens with zero attached hydrogens (tertiary/aromatic N) is 2. The van der Waals surface area contributed by atoms with Gasteiger partial charge in [-0.25, -0.2) is 4.79 Å². The second kappa shape index (κ2) is 6.90. The van der Waals surface area contributed by atoms with Crippen LogP contribution in [0.25, 0.3) is 6.08 Å². The Morgan fingerprint density at radius 1 is 1.43 bits per heavy atom. The van der Waals surface area contributed by atoms with Gasteiger partial charge in [0.05, 0.1) is 0 Å². The molecule has 1 N–H and O–H groups in total. The zero-order chi connectivity index (χ0) is 15.2. The molecule has 0 radical (unpaired) electrons. The van der Waals surface area contributed by atoms with Crippen LogP contribution in [-0.4, -0.2) is 23.1 Å². The fourth-order valence-electron chi connectivity index (χ4n) is 2.00. The smallest absolute Gasteiger partial charge is 0.328 e. The molecule has 5 heteroatoms. The van der Waals surface area contributed by atoms with E-state index in [0.29, 0.717) is 11.6 Å². The standard InChI is InChI=1S/C16H15ClN2O2/c1-19(11-12-3-2-8-18-10-12)15-9-14(17)6-4-13(15)5-7-16(20)21/h2-10H,11H2,1H3,(H,20,21)/b7-5+. The number of carbonyl (C=O) groups is 1. The average Bonchev–Trinajstić information content (AvgIpc) is 2.46. The minimum absolute atomic E-state index is 0.607. The SMILES string of the molecule is CN(Cc1cccnc1)c1cc(Cl)ccc1/C=C/C(=O)O. The molecular formula is C16H15ClN2O2. The predicted octanol–water partition coefficient (Wildman–Crippen LogP) is 3.47. The van der Waals surface area contributed by atoms with Crippen LogP contribution in [0, 0.1) is 0 Å². The number of hydrogen-bond donors (Lipinski definition) is 1. The number of carboxylic acid groups (broad SMARTS) is 1. The van der Waals surface area contributed by atoms with Crippen molar-refractivity contribution in [3.63, 3.8) is 0 Å². The van der Waals surface area contributed by atoms with Crippen LogP contribution < -0.4 is 4.90 Å². The maximum Gasteiger partial charge on any atom is 0.328 e. The first kappa shape index (κ1) is 15.1. The van der Waals surface area contributed by atoms with Gasteiger partial charge in [-0.15, -0.1) is 0 Å². The zero-order valence-corrected chi connectivity index (χ0v) is 12.3. The van der Waals surface area contributed by atoms with E-state index in [4.69, 9.17) is 16.7 Å². The summed E-state index contributed by atoms with van der Waals surface area (Å²) in [7, 11) is 1.93. The Bertz CT molecular complexity index is 657. The largest absolute Gasteiger partial charge is 0.478 e. The van der Waals surface area contributed by atoms with Crippen molar-refractivity contribution in [2.75, 3.05) is 11.9 Å². The molecule has 0 saturated carbocycles. The highest BCUT2D eigenvalue weighted by molar-refractivity contribution is 6.31.